The predicted molar refractivity (Wildman–Crippen MR) is 119 cm³/mol. The van der Waals surface area contributed by atoms with Gasteiger partial charge in [0.2, 0.25) is 0 Å². The molecule has 0 radical (unpaired) electrons. The molecule has 2 aromatic carbocycles. The van der Waals surface area contributed by atoms with Gasteiger partial charge in [-0.05, 0) is 40.5 Å². The highest BCUT2D eigenvalue weighted by molar-refractivity contribution is 9.10. The van der Waals surface area contributed by atoms with E-state index < -0.39 is 47.0 Å². The number of halogens is 6. The summed E-state index contributed by atoms with van der Waals surface area (Å²) in [7, 11) is 0. The first-order valence-electron chi connectivity index (χ1n) is 9.17. The van der Waals surface area contributed by atoms with Crippen LogP contribution in [0.3, 0.4) is 0 Å². The Morgan fingerprint density at radius 3 is 2.25 bits per heavy atom. The lowest BCUT2D eigenvalue weighted by atomic mass is 10.1. The molecule has 0 bridgehead atoms. The van der Waals surface area contributed by atoms with E-state index in [1.165, 1.54) is 6.92 Å². The quantitative estimate of drug-likeness (QED) is 0.491. The van der Waals surface area contributed by atoms with Gasteiger partial charge in [-0.25, -0.2) is 9.18 Å². The summed E-state index contributed by atoms with van der Waals surface area (Å²) in [4.78, 5) is 25.7. The van der Waals surface area contributed by atoms with Gasteiger partial charge in [-0.1, -0.05) is 36.4 Å². The number of nitrogens with two attached hydrogens (primary N) is 1. The zero-order valence-electron chi connectivity index (χ0n) is 16.7. The molecule has 32 heavy (non-hydrogen) atoms. The fourth-order valence-electron chi connectivity index (χ4n) is 3.26. The Balaban J connectivity index is 0.00000363. The van der Waals surface area contributed by atoms with Crippen molar-refractivity contribution in [1.82, 2.24) is 9.13 Å². The molecule has 5 nitrogen and oxygen atoms in total. The maximum absolute atomic E-state index is 14.3. The number of benzene rings is 2. The second-order valence-electron chi connectivity index (χ2n) is 6.96. The minimum atomic E-state index is -4.81. The number of hydrogen-bond acceptors (Lipinski definition) is 3. The summed E-state index contributed by atoms with van der Waals surface area (Å²) in [5.74, 6) is -1.10. The molecule has 0 saturated carbocycles. The van der Waals surface area contributed by atoms with Gasteiger partial charge in [0, 0.05) is 17.3 Å². The summed E-state index contributed by atoms with van der Waals surface area (Å²) in [5, 5.41) is 0. The summed E-state index contributed by atoms with van der Waals surface area (Å²) in [6.45, 7) is 0.484. The minimum absolute atomic E-state index is 0. The zero-order valence-corrected chi connectivity index (χ0v) is 19.1. The average molecular weight is 537 g/mol. The summed E-state index contributed by atoms with van der Waals surface area (Å²) in [6.07, 6.45) is -4.81. The molecule has 11 heteroatoms. The van der Waals surface area contributed by atoms with E-state index in [1.54, 1.807) is 30.3 Å². The third kappa shape index (κ3) is 5.13. The van der Waals surface area contributed by atoms with Crippen molar-refractivity contribution in [2.75, 3.05) is 0 Å². The lowest BCUT2D eigenvalue weighted by Gasteiger charge is -2.20. The van der Waals surface area contributed by atoms with Crippen molar-refractivity contribution in [1.29, 1.82) is 0 Å². The first-order chi connectivity index (χ1) is 14.5. The highest BCUT2D eigenvalue weighted by atomic mass is 79.9. The van der Waals surface area contributed by atoms with Gasteiger partial charge >= 0.3 is 11.9 Å². The van der Waals surface area contributed by atoms with Crippen LogP contribution in [0.4, 0.5) is 17.6 Å². The van der Waals surface area contributed by atoms with Gasteiger partial charge in [0.05, 0.1) is 18.7 Å². The maximum Gasteiger partial charge on any atom is 0.416 e. The van der Waals surface area contributed by atoms with Crippen LogP contribution in [0.2, 0.25) is 0 Å². The summed E-state index contributed by atoms with van der Waals surface area (Å²) in [5.41, 5.74) is 3.45. The molecular weight excluding hydrogens is 518 g/mol. The van der Waals surface area contributed by atoms with Crippen molar-refractivity contribution < 1.29 is 17.6 Å². The first kappa shape index (κ1) is 25.8. The van der Waals surface area contributed by atoms with Crippen molar-refractivity contribution in [2.45, 2.75) is 32.2 Å². The molecule has 1 atom stereocenters. The van der Waals surface area contributed by atoms with E-state index in [0.717, 1.165) is 27.3 Å². The van der Waals surface area contributed by atoms with Gasteiger partial charge in [-0.15, -0.1) is 12.4 Å². The van der Waals surface area contributed by atoms with Crippen LogP contribution in [-0.4, -0.2) is 9.13 Å². The Morgan fingerprint density at radius 1 is 1.03 bits per heavy atom. The van der Waals surface area contributed by atoms with Gasteiger partial charge in [0.1, 0.15) is 10.3 Å². The van der Waals surface area contributed by atoms with Crippen LogP contribution in [0, 0.1) is 12.7 Å². The second-order valence-corrected chi connectivity index (χ2v) is 7.76. The van der Waals surface area contributed by atoms with Crippen LogP contribution < -0.4 is 17.0 Å². The highest BCUT2D eigenvalue weighted by Crippen LogP contribution is 2.33. The van der Waals surface area contributed by atoms with Gasteiger partial charge in [0.25, 0.3) is 5.56 Å². The monoisotopic (exact) mass is 535 g/mol. The van der Waals surface area contributed by atoms with Crippen LogP contribution in [-0.2, 0) is 19.3 Å². The molecule has 0 amide bonds. The molecule has 0 aliphatic carbocycles. The van der Waals surface area contributed by atoms with E-state index >= 15 is 0 Å². The number of hydrogen-bond donors (Lipinski definition) is 1. The van der Waals surface area contributed by atoms with E-state index in [-0.39, 0.29) is 29.1 Å². The molecule has 3 aromatic rings. The Bertz CT molecular complexity index is 1230. The van der Waals surface area contributed by atoms with Gasteiger partial charge in [-0.2, -0.15) is 13.2 Å². The number of rotatable bonds is 5. The summed E-state index contributed by atoms with van der Waals surface area (Å²) < 4.78 is 56.2. The first-order valence-corrected chi connectivity index (χ1v) is 9.96. The fourth-order valence-corrected chi connectivity index (χ4v) is 3.69. The third-order valence-electron chi connectivity index (χ3n) is 4.96. The van der Waals surface area contributed by atoms with Crippen molar-refractivity contribution in [3.8, 4) is 0 Å². The molecule has 1 aromatic heterocycles. The Hall–Kier alpha value is -2.43. The van der Waals surface area contributed by atoms with Gasteiger partial charge < -0.3 is 5.73 Å². The smallest absolute Gasteiger partial charge is 0.322 e. The minimum Gasteiger partial charge on any atom is -0.322 e. The van der Waals surface area contributed by atoms with E-state index in [9.17, 15) is 27.2 Å². The Morgan fingerprint density at radius 2 is 1.66 bits per heavy atom. The Labute approximate surface area is 195 Å². The molecule has 0 aliphatic rings. The van der Waals surface area contributed by atoms with Crippen molar-refractivity contribution in [3.05, 3.63) is 102 Å². The molecular formula is C21H19BrClF4N3O2. The second kappa shape index (κ2) is 10.0. The zero-order chi connectivity index (χ0) is 22.9. The molecule has 3 rings (SSSR count). The van der Waals surface area contributed by atoms with Gasteiger partial charge in [-0.3, -0.25) is 13.9 Å². The molecule has 1 heterocycles. The molecule has 0 spiro atoms. The fraction of sp³-hybridized carbons (Fsp3) is 0.238. The summed E-state index contributed by atoms with van der Waals surface area (Å²) in [6, 6.07) is 10.6. The molecule has 0 saturated heterocycles. The van der Waals surface area contributed by atoms with Gasteiger partial charge in [0.15, 0.2) is 0 Å². The summed E-state index contributed by atoms with van der Waals surface area (Å²) >= 11 is 3.10. The van der Waals surface area contributed by atoms with Crippen LogP contribution in [0.25, 0.3) is 0 Å². The Kier molecular flexibility index (Phi) is 8.08. The molecule has 172 valence electrons. The van der Waals surface area contributed by atoms with Crippen molar-refractivity contribution >= 4 is 28.3 Å². The normalized spacial score (nSPS) is 12.3. The largest absolute Gasteiger partial charge is 0.416 e. The van der Waals surface area contributed by atoms with Crippen molar-refractivity contribution in [2.24, 2.45) is 5.73 Å². The molecule has 0 fully saturated rings. The maximum atomic E-state index is 14.3. The lowest BCUT2D eigenvalue weighted by molar-refractivity contribution is -0.138. The van der Waals surface area contributed by atoms with Crippen LogP contribution >= 0.6 is 28.3 Å². The topological polar surface area (TPSA) is 70.0 Å². The lowest BCUT2D eigenvalue weighted by Crippen LogP contribution is -2.44. The number of nitrogens with zero attached hydrogens (tertiary/aromatic N) is 2. The number of aromatic nitrogens is 2. The van der Waals surface area contributed by atoms with E-state index in [1.807, 2.05) is 0 Å². The van der Waals surface area contributed by atoms with Crippen LogP contribution in [0.15, 0.2) is 62.6 Å². The van der Waals surface area contributed by atoms with E-state index in [0.29, 0.717) is 5.56 Å². The third-order valence-corrected chi connectivity index (χ3v) is 5.88. The molecule has 2 N–H and O–H groups in total. The number of alkyl halides is 3. The SMILES string of the molecule is Cc1c(Br)c(=O)n(C[C@H](N)c2ccccc2)c(=O)n1Cc1c(F)cccc1C(F)(F)F.Cl. The van der Waals surface area contributed by atoms with Crippen LogP contribution in [0.5, 0.6) is 0 Å². The van der Waals surface area contributed by atoms with E-state index in [2.05, 4.69) is 15.9 Å². The molecule has 0 aliphatic heterocycles. The van der Waals surface area contributed by atoms with E-state index in [4.69, 9.17) is 5.73 Å². The standard InChI is InChI=1S/C21H18BrF4N3O2.ClH/c1-12-18(22)19(30)29(11-17(27)13-6-3-2-4-7-13)20(31)28(12)10-14-15(21(24,25)26)8-5-9-16(14)23;/h2-9,17H,10-11,27H2,1H3;1H/t17-;/m0./s1. The van der Waals surface area contributed by atoms with Crippen LogP contribution in [0.1, 0.15) is 28.4 Å². The average Bonchev–Trinajstić information content (AvgIpc) is 2.73. The predicted octanol–water partition coefficient (Wildman–Crippen LogP) is 4.41. The highest BCUT2D eigenvalue weighted by Gasteiger charge is 2.35. The van der Waals surface area contributed by atoms with Crippen molar-refractivity contribution in [3.63, 3.8) is 0 Å². The molecule has 0 unspecified atom stereocenters.